The van der Waals surface area contributed by atoms with E-state index in [1.165, 1.54) is 7.05 Å². The molecule has 0 aromatic heterocycles. The first kappa shape index (κ1) is 11.9. The molecule has 0 fully saturated rings. The molecule has 6 heteroatoms. The number of azide groups is 1. The van der Waals surface area contributed by atoms with Crippen LogP contribution in [0.25, 0.3) is 10.4 Å². The van der Waals surface area contributed by atoms with Crippen LogP contribution in [0.5, 0.6) is 0 Å². The van der Waals surface area contributed by atoms with Crippen LogP contribution in [0, 0.1) is 0 Å². The van der Waals surface area contributed by atoms with Gasteiger partial charge in [0.2, 0.25) is 0 Å². The van der Waals surface area contributed by atoms with Crippen molar-refractivity contribution >= 4 is 5.97 Å². The van der Waals surface area contributed by atoms with Crippen molar-refractivity contribution in [3.63, 3.8) is 0 Å². The van der Waals surface area contributed by atoms with Crippen LogP contribution < -0.4 is 0 Å². The summed E-state index contributed by atoms with van der Waals surface area (Å²) in [6.45, 7) is 0. The Kier molecular flexibility index (Phi) is 4.17. The molecule has 0 aliphatic carbocycles. The number of likely N-dealkylation sites (N-methyl/N-ethyl adjacent to an activating group) is 1. The summed E-state index contributed by atoms with van der Waals surface area (Å²) in [5.74, 6) is -1.02. The van der Waals surface area contributed by atoms with Crippen molar-refractivity contribution in [1.82, 2.24) is 5.01 Å². The van der Waals surface area contributed by atoms with E-state index in [1.807, 2.05) is 30.3 Å². The van der Waals surface area contributed by atoms with E-state index in [-0.39, 0.29) is 0 Å². The molecule has 1 rings (SSSR count). The third-order valence-corrected chi connectivity index (χ3v) is 2.19. The summed E-state index contributed by atoms with van der Waals surface area (Å²) >= 11 is 0. The summed E-state index contributed by atoms with van der Waals surface area (Å²) in [6.07, 6.45) is 0.297. The van der Waals surface area contributed by atoms with E-state index in [1.54, 1.807) is 0 Å². The lowest BCUT2D eigenvalue weighted by atomic mass is 10.1. The average molecular weight is 220 g/mol. The van der Waals surface area contributed by atoms with Crippen LogP contribution in [0.2, 0.25) is 0 Å². The van der Waals surface area contributed by atoms with Gasteiger partial charge >= 0.3 is 5.97 Å². The van der Waals surface area contributed by atoms with Crippen LogP contribution in [0.4, 0.5) is 0 Å². The number of aliphatic carboxylic acids is 1. The van der Waals surface area contributed by atoms with E-state index < -0.39 is 12.0 Å². The van der Waals surface area contributed by atoms with Crippen LogP contribution in [0.1, 0.15) is 5.56 Å². The molecule has 1 N–H and O–H groups in total. The topological polar surface area (TPSA) is 89.3 Å². The highest BCUT2D eigenvalue weighted by Gasteiger charge is 2.25. The smallest absolute Gasteiger partial charge is 0.349 e. The summed E-state index contributed by atoms with van der Waals surface area (Å²) in [6, 6.07) is 8.35. The number of nitrogens with zero attached hydrogens (tertiary/aromatic N) is 4. The summed E-state index contributed by atoms with van der Waals surface area (Å²) in [7, 11) is 1.45. The van der Waals surface area contributed by atoms with Crippen LogP contribution >= 0.6 is 0 Å². The predicted molar refractivity (Wildman–Crippen MR) is 58.5 cm³/mol. The lowest BCUT2D eigenvalue weighted by Gasteiger charge is -2.16. The van der Waals surface area contributed by atoms with E-state index in [9.17, 15) is 4.79 Å². The molecule has 16 heavy (non-hydrogen) atoms. The molecule has 0 bridgehead atoms. The van der Waals surface area contributed by atoms with Gasteiger partial charge in [0.05, 0.1) is 7.05 Å². The standard InChI is InChI=1S/C10H12N4O2/c1-14(13-12-11)9(10(15)16)7-8-5-3-2-4-6-8/h2-6,9H,7H2,1H3,(H,15,16)/t9-/m0/s1. The summed E-state index contributed by atoms with van der Waals surface area (Å²) < 4.78 is 0. The number of hydrogen-bond donors (Lipinski definition) is 1. The van der Waals surface area contributed by atoms with Crippen LogP contribution in [-0.2, 0) is 11.2 Å². The lowest BCUT2D eigenvalue weighted by Crippen LogP contribution is -2.36. The fourth-order valence-electron chi connectivity index (χ4n) is 1.34. The first-order valence-corrected chi connectivity index (χ1v) is 4.69. The monoisotopic (exact) mass is 220 g/mol. The van der Waals surface area contributed by atoms with E-state index in [2.05, 4.69) is 10.1 Å². The number of benzene rings is 1. The molecular formula is C10H12N4O2. The molecule has 0 amide bonds. The molecule has 0 saturated heterocycles. The van der Waals surface area contributed by atoms with Crippen molar-refractivity contribution in [2.45, 2.75) is 12.5 Å². The molecular weight excluding hydrogens is 208 g/mol. The van der Waals surface area contributed by atoms with Gasteiger partial charge < -0.3 is 5.11 Å². The van der Waals surface area contributed by atoms with E-state index in [0.29, 0.717) is 6.42 Å². The Hall–Kier alpha value is -2.20. The molecule has 1 aromatic carbocycles. The van der Waals surface area contributed by atoms with Crippen molar-refractivity contribution in [1.29, 1.82) is 0 Å². The Balaban J connectivity index is 2.80. The average Bonchev–Trinajstić information content (AvgIpc) is 2.27. The molecule has 0 aliphatic heterocycles. The van der Waals surface area contributed by atoms with Crippen molar-refractivity contribution in [3.05, 3.63) is 46.3 Å². The zero-order chi connectivity index (χ0) is 12.0. The van der Waals surface area contributed by atoms with Gasteiger partial charge in [-0.05, 0) is 10.8 Å². The van der Waals surface area contributed by atoms with Gasteiger partial charge in [0.25, 0.3) is 0 Å². The van der Waals surface area contributed by atoms with Crippen molar-refractivity contribution < 1.29 is 9.90 Å². The zero-order valence-corrected chi connectivity index (χ0v) is 8.82. The highest BCUT2D eigenvalue weighted by Crippen LogP contribution is 2.08. The fourth-order valence-corrected chi connectivity index (χ4v) is 1.34. The molecule has 0 unspecified atom stereocenters. The third kappa shape index (κ3) is 3.18. The summed E-state index contributed by atoms with van der Waals surface area (Å²) in [5.41, 5.74) is 9.14. The second-order valence-corrected chi connectivity index (χ2v) is 3.30. The molecule has 0 heterocycles. The van der Waals surface area contributed by atoms with Crippen molar-refractivity contribution in [2.24, 2.45) is 5.22 Å². The Morgan fingerprint density at radius 2 is 2.19 bits per heavy atom. The van der Waals surface area contributed by atoms with E-state index >= 15 is 0 Å². The van der Waals surface area contributed by atoms with Crippen LogP contribution in [0.3, 0.4) is 0 Å². The minimum Gasteiger partial charge on any atom is -0.478 e. The maximum atomic E-state index is 11.0. The van der Waals surface area contributed by atoms with Gasteiger partial charge in [-0.2, -0.15) is 4.91 Å². The van der Waals surface area contributed by atoms with Gasteiger partial charge in [-0.15, -0.1) is 5.53 Å². The molecule has 1 aromatic rings. The lowest BCUT2D eigenvalue weighted by molar-refractivity contribution is -0.142. The Morgan fingerprint density at radius 3 is 2.69 bits per heavy atom. The van der Waals surface area contributed by atoms with Gasteiger partial charge in [0.1, 0.15) is 0 Å². The third-order valence-electron chi connectivity index (χ3n) is 2.19. The Labute approximate surface area is 92.7 Å². The second kappa shape index (κ2) is 5.63. The molecule has 6 nitrogen and oxygen atoms in total. The molecule has 1 atom stereocenters. The second-order valence-electron chi connectivity index (χ2n) is 3.30. The van der Waals surface area contributed by atoms with Gasteiger partial charge in [-0.3, -0.25) is 0 Å². The quantitative estimate of drug-likeness (QED) is 0.355. The van der Waals surface area contributed by atoms with Gasteiger partial charge in [0.15, 0.2) is 6.04 Å². The predicted octanol–water partition coefficient (Wildman–Crippen LogP) is 1.84. The summed E-state index contributed by atoms with van der Waals surface area (Å²) in [4.78, 5) is 13.6. The van der Waals surface area contributed by atoms with Gasteiger partial charge in [-0.1, -0.05) is 30.3 Å². The zero-order valence-electron chi connectivity index (χ0n) is 8.82. The largest absolute Gasteiger partial charge is 0.478 e. The number of carboxylic acid groups (broad SMARTS) is 1. The number of carboxylic acids is 1. The van der Waals surface area contributed by atoms with E-state index in [0.717, 1.165) is 10.6 Å². The maximum absolute atomic E-state index is 11.0. The van der Waals surface area contributed by atoms with Gasteiger partial charge in [-0.25, -0.2) is 9.80 Å². The van der Waals surface area contributed by atoms with Crippen molar-refractivity contribution in [3.8, 4) is 0 Å². The molecule has 0 aliphatic rings. The number of hydrogen-bond acceptors (Lipinski definition) is 2. The molecule has 0 spiro atoms. The van der Waals surface area contributed by atoms with Gasteiger partial charge in [0, 0.05) is 6.42 Å². The minimum absolute atomic E-state index is 0.297. The maximum Gasteiger partial charge on any atom is 0.349 e. The Morgan fingerprint density at radius 1 is 1.56 bits per heavy atom. The molecule has 0 saturated carbocycles. The van der Waals surface area contributed by atoms with Crippen LogP contribution in [-0.4, -0.2) is 29.2 Å². The molecule has 0 radical (unpaired) electrons. The molecule has 84 valence electrons. The number of carbonyl (C=O) groups is 1. The minimum atomic E-state index is -1.02. The normalized spacial score (nSPS) is 11.3. The first-order chi connectivity index (χ1) is 7.65. The highest BCUT2D eigenvalue weighted by atomic mass is 16.4. The number of rotatable bonds is 5. The highest BCUT2D eigenvalue weighted by molar-refractivity contribution is 5.73. The van der Waals surface area contributed by atoms with E-state index in [4.69, 9.17) is 10.6 Å². The SMILES string of the molecule is CN(N=[N+]=[N-])[C@@H](Cc1ccccc1)C(=O)O. The first-order valence-electron chi connectivity index (χ1n) is 4.69. The fraction of sp³-hybridized carbons (Fsp3) is 0.300. The van der Waals surface area contributed by atoms with Crippen LogP contribution in [0.15, 0.2) is 35.6 Å². The Bertz CT molecular complexity index is 401. The summed E-state index contributed by atoms with van der Waals surface area (Å²) in [5, 5.41) is 13.4. The van der Waals surface area contributed by atoms with Crippen molar-refractivity contribution in [2.75, 3.05) is 7.05 Å².